The van der Waals surface area contributed by atoms with Gasteiger partial charge >= 0.3 is 5.97 Å². The van der Waals surface area contributed by atoms with E-state index in [-0.39, 0.29) is 24.7 Å². The standard InChI is InChI=1S/C17H23ClN2O4/c1-12(21)20-15(13-6-8-14(18)9-7-13)11-16(22)19-10-4-2-3-5-17(23)24/h6-9,15H,2-5,10-11H2,1H3,(H,19,22)(H,20,21)(H,23,24). The zero-order valence-electron chi connectivity index (χ0n) is 13.7. The Balaban J connectivity index is 2.42. The van der Waals surface area contributed by atoms with Gasteiger partial charge in [-0.05, 0) is 30.5 Å². The number of carbonyl (C=O) groups is 3. The minimum Gasteiger partial charge on any atom is -0.481 e. The average molecular weight is 355 g/mol. The summed E-state index contributed by atoms with van der Waals surface area (Å²) in [5, 5.41) is 14.7. The summed E-state index contributed by atoms with van der Waals surface area (Å²) in [4.78, 5) is 33.8. The minimum absolute atomic E-state index is 0.135. The molecule has 6 nitrogen and oxygen atoms in total. The lowest BCUT2D eigenvalue weighted by Crippen LogP contribution is -2.33. The molecule has 24 heavy (non-hydrogen) atoms. The molecule has 2 amide bonds. The van der Waals surface area contributed by atoms with Crippen LogP contribution < -0.4 is 10.6 Å². The molecule has 1 rings (SSSR count). The number of carboxylic acids is 1. The molecular weight excluding hydrogens is 332 g/mol. The van der Waals surface area contributed by atoms with Gasteiger partial charge in [-0.2, -0.15) is 0 Å². The van der Waals surface area contributed by atoms with Crippen LogP contribution in [0.15, 0.2) is 24.3 Å². The molecule has 0 aliphatic carbocycles. The molecule has 0 spiro atoms. The van der Waals surface area contributed by atoms with E-state index in [1.54, 1.807) is 24.3 Å². The SMILES string of the molecule is CC(=O)NC(CC(=O)NCCCCCC(=O)O)c1ccc(Cl)cc1. The van der Waals surface area contributed by atoms with Gasteiger partial charge in [0.1, 0.15) is 0 Å². The van der Waals surface area contributed by atoms with E-state index in [0.717, 1.165) is 18.4 Å². The lowest BCUT2D eigenvalue weighted by molar-refractivity contribution is -0.137. The lowest BCUT2D eigenvalue weighted by atomic mass is 10.0. The number of aliphatic carboxylic acids is 1. The monoisotopic (exact) mass is 354 g/mol. The van der Waals surface area contributed by atoms with E-state index < -0.39 is 12.0 Å². The Labute approximate surface area is 146 Å². The van der Waals surface area contributed by atoms with E-state index in [0.29, 0.717) is 18.0 Å². The van der Waals surface area contributed by atoms with E-state index >= 15 is 0 Å². The maximum Gasteiger partial charge on any atom is 0.303 e. The fraction of sp³-hybridized carbons (Fsp3) is 0.471. The summed E-state index contributed by atoms with van der Waals surface area (Å²) in [6.45, 7) is 1.90. The first-order valence-corrected chi connectivity index (χ1v) is 8.27. The second kappa shape index (κ2) is 10.6. The van der Waals surface area contributed by atoms with Crippen LogP contribution in [-0.4, -0.2) is 29.4 Å². The number of benzene rings is 1. The number of halogens is 1. The summed E-state index contributed by atoms with van der Waals surface area (Å²) in [7, 11) is 0. The van der Waals surface area contributed by atoms with Crippen molar-refractivity contribution in [3.63, 3.8) is 0 Å². The highest BCUT2D eigenvalue weighted by atomic mass is 35.5. The predicted molar refractivity (Wildman–Crippen MR) is 91.7 cm³/mol. The zero-order valence-corrected chi connectivity index (χ0v) is 14.4. The Kier molecular flexibility index (Phi) is 8.86. The van der Waals surface area contributed by atoms with Crippen LogP contribution in [0.4, 0.5) is 0 Å². The third-order valence-electron chi connectivity index (χ3n) is 3.43. The summed E-state index contributed by atoms with van der Waals surface area (Å²) in [6.07, 6.45) is 2.36. The number of hydrogen-bond donors (Lipinski definition) is 3. The Morgan fingerprint density at radius 1 is 1.12 bits per heavy atom. The number of nitrogens with one attached hydrogen (secondary N) is 2. The van der Waals surface area contributed by atoms with Gasteiger partial charge in [0, 0.05) is 24.9 Å². The highest BCUT2D eigenvalue weighted by Gasteiger charge is 2.16. The van der Waals surface area contributed by atoms with Gasteiger partial charge in [-0.15, -0.1) is 0 Å². The van der Waals surface area contributed by atoms with Crippen molar-refractivity contribution in [3.8, 4) is 0 Å². The molecular formula is C17H23ClN2O4. The second-order valence-electron chi connectivity index (χ2n) is 5.56. The lowest BCUT2D eigenvalue weighted by Gasteiger charge is -2.18. The summed E-state index contributed by atoms with van der Waals surface area (Å²) in [5.74, 6) is -1.18. The van der Waals surface area contributed by atoms with Crippen molar-refractivity contribution < 1.29 is 19.5 Å². The first kappa shape index (κ1) is 20.0. The molecule has 0 aliphatic rings. The molecule has 0 heterocycles. The molecule has 3 N–H and O–H groups in total. The van der Waals surface area contributed by atoms with Crippen LogP contribution in [0, 0.1) is 0 Å². The van der Waals surface area contributed by atoms with E-state index in [1.807, 2.05) is 0 Å². The van der Waals surface area contributed by atoms with Crippen molar-refractivity contribution >= 4 is 29.4 Å². The zero-order chi connectivity index (χ0) is 17.9. The van der Waals surface area contributed by atoms with Crippen LogP contribution in [0.2, 0.25) is 5.02 Å². The summed E-state index contributed by atoms with van der Waals surface area (Å²) in [5.41, 5.74) is 0.811. The van der Waals surface area contributed by atoms with Crippen molar-refractivity contribution in [1.82, 2.24) is 10.6 Å². The number of unbranched alkanes of at least 4 members (excludes halogenated alkanes) is 2. The van der Waals surface area contributed by atoms with Crippen LogP contribution in [0.3, 0.4) is 0 Å². The maximum absolute atomic E-state index is 12.0. The number of hydrogen-bond acceptors (Lipinski definition) is 3. The van der Waals surface area contributed by atoms with Crippen molar-refractivity contribution in [3.05, 3.63) is 34.9 Å². The number of rotatable bonds is 10. The smallest absolute Gasteiger partial charge is 0.303 e. The predicted octanol–water partition coefficient (Wildman–Crippen LogP) is 2.67. The Hall–Kier alpha value is -2.08. The van der Waals surface area contributed by atoms with Crippen molar-refractivity contribution in [2.45, 2.75) is 45.1 Å². The largest absolute Gasteiger partial charge is 0.481 e. The molecule has 1 aromatic rings. The van der Waals surface area contributed by atoms with Gasteiger partial charge in [0.05, 0.1) is 12.5 Å². The van der Waals surface area contributed by atoms with E-state index in [9.17, 15) is 14.4 Å². The quantitative estimate of drug-likeness (QED) is 0.563. The van der Waals surface area contributed by atoms with Crippen molar-refractivity contribution in [2.75, 3.05) is 6.54 Å². The summed E-state index contributed by atoms with van der Waals surface area (Å²) in [6, 6.07) is 6.58. The molecule has 1 unspecified atom stereocenters. The number of carbonyl (C=O) groups excluding carboxylic acids is 2. The molecule has 0 aromatic heterocycles. The summed E-state index contributed by atoms with van der Waals surface area (Å²) >= 11 is 5.85. The second-order valence-corrected chi connectivity index (χ2v) is 6.00. The van der Waals surface area contributed by atoms with Crippen LogP contribution in [0.1, 0.15) is 50.6 Å². The van der Waals surface area contributed by atoms with Crippen molar-refractivity contribution in [2.24, 2.45) is 0 Å². The Morgan fingerprint density at radius 3 is 2.38 bits per heavy atom. The highest BCUT2D eigenvalue weighted by Crippen LogP contribution is 2.19. The van der Waals surface area contributed by atoms with Gasteiger partial charge in [0.15, 0.2) is 0 Å². The number of carboxylic acid groups (broad SMARTS) is 1. The van der Waals surface area contributed by atoms with Crippen LogP contribution in [0.5, 0.6) is 0 Å². The van der Waals surface area contributed by atoms with Gasteiger partial charge in [-0.25, -0.2) is 0 Å². The van der Waals surface area contributed by atoms with Crippen LogP contribution >= 0.6 is 11.6 Å². The highest BCUT2D eigenvalue weighted by molar-refractivity contribution is 6.30. The molecule has 0 aliphatic heterocycles. The number of amides is 2. The Bertz CT molecular complexity index is 560. The molecule has 0 saturated carbocycles. The summed E-state index contributed by atoms with van der Waals surface area (Å²) < 4.78 is 0. The third-order valence-corrected chi connectivity index (χ3v) is 3.68. The fourth-order valence-corrected chi connectivity index (χ4v) is 2.38. The molecule has 0 bridgehead atoms. The van der Waals surface area contributed by atoms with Gasteiger partial charge in [-0.1, -0.05) is 30.2 Å². The van der Waals surface area contributed by atoms with Gasteiger partial charge in [0.25, 0.3) is 0 Å². The minimum atomic E-state index is -0.805. The van der Waals surface area contributed by atoms with Gasteiger partial charge in [-0.3, -0.25) is 14.4 Å². The third kappa shape index (κ3) is 8.53. The topological polar surface area (TPSA) is 95.5 Å². The molecule has 1 aromatic carbocycles. The normalized spacial score (nSPS) is 11.6. The van der Waals surface area contributed by atoms with E-state index in [4.69, 9.17) is 16.7 Å². The van der Waals surface area contributed by atoms with Gasteiger partial charge < -0.3 is 15.7 Å². The first-order chi connectivity index (χ1) is 11.4. The first-order valence-electron chi connectivity index (χ1n) is 7.89. The molecule has 1 atom stereocenters. The fourth-order valence-electron chi connectivity index (χ4n) is 2.26. The van der Waals surface area contributed by atoms with E-state index in [2.05, 4.69) is 10.6 Å². The average Bonchev–Trinajstić information content (AvgIpc) is 2.50. The molecule has 7 heteroatoms. The van der Waals surface area contributed by atoms with Crippen LogP contribution in [-0.2, 0) is 14.4 Å². The van der Waals surface area contributed by atoms with Crippen molar-refractivity contribution in [1.29, 1.82) is 0 Å². The van der Waals surface area contributed by atoms with E-state index in [1.165, 1.54) is 6.92 Å². The maximum atomic E-state index is 12.0. The molecule has 0 saturated heterocycles. The van der Waals surface area contributed by atoms with Gasteiger partial charge in [0.2, 0.25) is 11.8 Å². The molecule has 0 radical (unpaired) electrons. The Morgan fingerprint density at radius 2 is 1.79 bits per heavy atom. The molecule has 132 valence electrons. The molecule has 0 fully saturated rings. The van der Waals surface area contributed by atoms with Crippen LogP contribution in [0.25, 0.3) is 0 Å².